The van der Waals surface area contributed by atoms with E-state index < -0.39 is 11.7 Å². The van der Waals surface area contributed by atoms with Crippen molar-refractivity contribution in [3.63, 3.8) is 0 Å². The molecule has 9 heteroatoms. The van der Waals surface area contributed by atoms with E-state index in [0.717, 1.165) is 42.2 Å². The maximum atomic E-state index is 12.2. The van der Waals surface area contributed by atoms with Crippen LogP contribution in [0.3, 0.4) is 0 Å². The Kier molecular flexibility index (Phi) is 19.6. The van der Waals surface area contributed by atoms with Crippen LogP contribution in [0.2, 0.25) is 0 Å². The number of hydrogen-bond donors (Lipinski definition) is 1. The van der Waals surface area contributed by atoms with E-state index in [1.54, 1.807) is 16.9 Å². The molecule has 4 rings (SSSR count). The largest absolute Gasteiger partial charge is 0.416 e. The summed E-state index contributed by atoms with van der Waals surface area (Å²) >= 11 is 0. The topological polar surface area (TPSA) is 38.7 Å². The maximum absolute atomic E-state index is 12.2. The van der Waals surface area contributed by atoms with Gasteiger partial charge >= 0.3 is 6.18 Å². The summed E-state index contributed by atoms with van der Waals surface area (Å²) in [5.41, 5.74) is 1.07. The molecule has 3 aromatic rings. The maximum Gasteiger partial charge on any atom is 0.416 e. The molecule has 1 aliphatic heterocycles. The van der Waals surface area contributed by atoms with Crippen molar-refractivity contribution in [3.05, 3.63) is 97.3 Å². The van der Waals surface area contributed by atoms with Crippen molar-refractivity contribution in [2.75, 3.05) is 24.7 Å². The number of aliphatic hydroxyl groups is 1. The average molecular weight is 670 g/mol. The van der Waals surface area contributed by atoms with E-state index in [1.165, 1.54) is 29.7 Å². The minimum atomic E-state index is -4.28. The summed E-state index contributed by atoms with van der Waals surface area (Å²) in [6.07, 6.45) is 0.548. The van der Waals surface area contributed by atoms with Crippen molar-refractivity contribution in [2.45, 2.75) is 57.6 Å². The van der Waals surface area contributed by atoms with Gasteiger partial charge in [-0.25, -0.2) is 0 Å². The Morgan fingerprint density at radius 2 is 1.75 bits per heavy atom. The predicted molar refractivity (Wildman–Crippen MR) is 160 cm³/mol. The molecule has 1 saturated heterocycles. The standard InChI is InChI=1S/C11H9.C10H11F3O.C10H19O2S2.Y/c1-9-5-4-7-10-6-2-3-8-11(9)10;11-10(12,13)9-5-1-3-8(7-9)4-2-6-14;1-3-13-14-8-7-11-10-6-4-5-9(2)12-10;/h2-8H,1H2;1,3,5,7,14H,2,4,6H2;9-10H,1,3-8H2,2H3;/q-1;;-1;. The first-order chi connectivity index (χ1) is 18.7. The van der Waals surface area contributed by atoms with Gasteiger partial charge in [0.1, 0.15) is 0 Å². The van der Waals surface area contributed by atoms with E-state index in [4.69, 9.17) is 14.6 Å². The molecule has 1 N–H and O–H groups in total. The number of benzene rings is 3. The number of ether oxygens (including phenoxy) is 2. The Labute approximate surface area is 270 Å². The second-order valence-electron chi connectivity index (χ2n) is 8.99. The SMILES string of the molecule is OCCCc1cccc(C(F)(F)F)c1.[CH2-]CSSCCOC1CCCC(C)O1.[CH2-]c1cccc2ccccc12.[Y]. The predicted octanol–water partition coefficient (Wildman–Crippen LogP) is 8.78. The van der Waals surface area contributed by atoms with Gasteiger partial charge in [-0.15, -0.1) is 34.1 Å². The molecule has 1 radical (unpaired) electrons. The summed E-state index contributed by atoms with van der Waals surface area (Å²) < 4.78 is 48.0. The van der Waals surface area contributed by atoms with Crippen LogP contribution in [-0.2, 0) is 54.8 Å². The molecule has 1 fully saturated rings. The molecule has 0 amide bonds. The molecule has 219 valence electrons. The third-order valence-corrected chi connectivity index (χ3v) is 8.00. The van der Waals surface area contributed by atoms with Crippen molar-refractivity contribution in [2.24, 2.45) is 0 Å². The number of alkyl halides is 3. The molecule has 0 aromatic heterocycles. The molecule has 1 heterocycles. The fourth-order valence-electron chi connectivity index (χ4n) is 3.90. The van der Waals surface area contributed by atoms with Gasteiger partial charge in [0.25, 0.3) is 0 Å². The van der Waals surface area contributed by atoms with E-state index in [0.29, 0.717) is 24.5 Å². The van der Waals surface area contributed by atoms with E-state index >= 15 is 0 Å². The summed E-state index contributed by atoms with van der Waals surface area (Å²) in [5, 5.41) is 11.0. The van der Waals surface area contributed by atoms with Gasteiger partial charge < -0.3 is 21.5 Å². The zero-order chi connectivity index (χ0) is 28.5. The Bertz CT molecular complexity index is 1080. The summed E-state index contributed by atoms with van der Waals surface area (Å²) in [4.78, 5) is 0. The third-order valence-electron chi connectivity index (χ3n) is 5.83. The minimum absolute atomic E-state index is 0. The Morgan fingerprint density at radius 1 is 1.02 bits per heavy atom. The third kappa shape index (κ3) is 14.9. The van der Waals surface area contributed by atoms with Gasteiger partial charge in [-0.1, -0.05) is 58.6 Å². The number of hydrogen-bond acceptors (Lipinski definition) is 5. The van der Waals surface area contributed by atoms with Crippen LogP contribution in [0.5, 0.6) is 0 Å². The molecule has 2 unspecified atom stereocenters. The van der Waals surface area contributed by atoms with Crippen LogP contribution >= 0.6 is 21.6 Å². The molecular formula is C31H39F3O3S2Y-2. The first-order valence-electron chi connectivity index (χ1n) is 13.1. The molecule has 0 saturated carbocycles. The first kappa shape index (κ1) is 37.3. The Hall–Kier alpha value is -0.736. The summed E-state index contributed by atoms with van der Waals surface area (Å²) in [5.74, 6) is 1.94. The molecule has 3 nitrogen and oxygen atoms in total. The van der Waals surface area contributed by atoms with Gasteiger partial charge in [-0.2, -0.15) is 31.7 Å². The molecule has 0 bridgehead atoms. The number of fused-ring (bicyclic) bond motifs is 1. The molecule has 40 heavy (non-hydrogen) atoms. The molecular weight excluding hydrogens is 630 g/mol. The van der Waals surface area contributed by atoms with Crippen LogP contribution in [0.4, 0.5) is 13.2 Å². The number of halogens is 3. The van der Waals surface area contributed by atoms with Gasteiger partial charge in [-0.05, 0) is 50.7 Å². The van der Waals surface area contributed by atoms with Crippen LogP contribution in [0.25, 0.3) is 10.8 Å². The zero-order valence-electron chi connectivity index (χ0n) is 23.1. The molecule has 1 aliphatic rings. The molecule has 2 atom stereocenters. The van der Waals surface area contributed by atoms with E-state index in [2.05, 4.69) is 39.0 Å². The minimum Gasteiger partial charge on any atom is -0.396 e. The van der Waals surface area contributed by atoms with Crippen molar-refractivity contribution in [3.8, 4) is 0 Å². The average Bonchev–Trinajstić information content (AvgIpc) is 2.93. The van der Waals surface area contributed by atoms with Crippen molar-refractivity contribution < 1.29 is 60.5 Å². The van der Waals surface area contributed by atoms with Crippen molar-refractivity contribution in [1.29, 1.82) is 0 Å². The number of aryl methyl sites for hydroxylation is 1. The van der Waals surface area contributed by atoms with Crippen LogP contribution in [0.15, 0.2) is 66.7 Å². The quantitative estimate of drug-likeness (QED) is 0.140. The summed E-state index contributed by atoms with van der Waals surface area (Å²) in [6, 6.07) is 19.6. The van der Waals surface area contributed by atoms with Crippen molar-refractivity contribution in [1.82, 2.24) is 0 Å². The monoisotopic (exact) mass is 669 g/mol. The van der Waals surface area contributed by atoms with Crippen LogP contribution in [-0.4, -0.2) is 42.2 Å². The number of rotatable bonds is 9. The molecule has 3 aromatic carbocycles. The van der Waals surface area contributed by atoms with Gasteiger partial charge in [0.15, 0.2) is 6.29 Å². The van der Waals surface area contributed by atoms with E-state index in [1.807, 2.05) is 35.1 Å². The normalized spacial score (nSPS) is 16.6. The molecule has 0 aliphatic carbocycles. The summed E-state index contributed by atoms with van der Waals surface area (Å²) in [7, 11) is 3.60. The zero-order valence-corrected chi connectivity index (χ0v) is 27.5. The second kappa shape index (κ2) is 21.0. The molecule has 0 spiro atoms. The van der Waals surface area contributed by atoms with E-state index in [-0.39, 0.29) is 45.6 Å². The van der Waals surface area contributed by atoms with Gasteiger partial charge in [-0.3, -0.25) is 0 Å². The van der Waals surface area contributed by atoms with Gasteiger partial charge in [0.2, 0.25) is 0 Å². The number of aliphatic hydroxyl groups excluding tert-OH is 1. The van der Waals surface area contributed by atoms with E-state index in [9.17, 15) is 13.2 Å². The Balaban J connectivity index is 0.000000298. The van der Waals surface area contributed by atoms with Crippen molar-refractivity contribution >= 4 is 32.4 Å². The fourth-order valence-corrected chi connectivity index (χ4v) is 5.21. The smallest absolute Gasteiger partial charge is 0.396 e. The second-order valence-corrected chi connectivity index (χ2v) is 11.7. The first-order valence-corrected chi connectivity index (χ1v) is 15.6. The van der Waals surface area contributed by atoms with Crippen LogP contribution in [0, 0.1) is 13.8 Å². The fraction of sp³-hybridized carbons (Fsp3) is 0.419. The summed E-state index contributed by atoms with van der Waals surface area (Å²) in [6.45, 7) is 10.6. The van der Waals surface area contributed by atoms with Gasteiger partial charge in [0.05, 0.1) is 18.3 Å². The van der Waals surface area contributed by atoms with Crippen LogP contribution in [0.1, 0.15) is 49.3 Å². The van der Waals surface area contributed by atoms with Crippen LogP contribution < -0.4 is 0 Å². The van der Waals surface area contributed by atoms with Gasteiger partial charge in [0, 0.05) is 45.1 Å². The Morgan fingerprint density at radius 3 is 2.42 bits per heavy atom.